The van der Waals surface area contributed by atoms with Gasteiger partial charge < -0.3 is 15.2 Å². The van der Waals surface area contributed by atoms with Gasteiger partial charge in [-0.3, -0.25) is 4.79 Å². The Morgan fingerprint density at radius 1 is 1.40 bits per heavy atom. The maximum absolute atomic E-state index is 11.9. The molecule has 7 nitrogen and oxygen atoms in total. The Balaban J connectivity index is 2.86. The van der Waals surface area contributed by atoms with Crippen LogP contribution in [0.2, 0.25) is 0 Å². The normalized spacial score (nSPS) is 12.8. The summed E-state index contributed by atoms with van der Waals surface area (Å²) in [7, 11) is -1.22. The number of methoxy groups -OCH3 is 2. The molecule has 0 aliphatic carbocycles. The zero-order chi connectivity index (χ0) is 15.3. The third kappa shape index (κ3) is 3.84. The number of sulfonamides is 1. The molecule has 0 radical (unpaired) electrons. The highest BCUT2D eigenvalue weighted by Crippen LogP contribution is 2.21. The van der Waals surface area contributed by atoms with E-state index >= 15 is 0 Å². The SMILES string of the molecule is COC(=O)C(C)S(=O)(=O)NCc1cc(N)ccc1OC. The molecule has 1 aromatic carbocycles. The lowest BCUT2D eigenvalue weighted by atomic mass is 10.2. The van der Waals surface area contributed by atoms with Crippen LogP contribution >= 0.6 is 0 Å². The fraction of sp³-hybridized carbons (Fsp3) is 0.417. The summed E-state index contributed by atoms with van der Waals surface area (Å²) in [6.45, 7) is 1.22. The predicted molar refractivity (Wildman–Crippen MR) is 74.6 cm³/mol. The van der Waals surface area contributed by atoms with Crippen molar-refractivity contribution < 1.29 is 22.7 Å². The van der Waals surface area contributed by atoms with Gasteiger partial charge in [0.05, 0.1) is 14.2 Å². The Labute approximate surface area is 118 Å². The van der Waals surface area contributed by atoms with Crippen molar-refractivity contribution in [2.75, 3.05) is 20.0 Å². The number of anilines is 1. The molecule has 0 aromatic heterocycles. The molecule has 1 rings (SSSR count). The van der Waals surface area contributed by atoms with Crippen LogP contribution in [-0.2, 0) is 26.1 Å². The minimum atomic E-state index is -3.83. The highest BCUT2D eigenvalue weighted by Gasteiger charge is 2.28. The highest BCUT2D eigenvalue weighted by atomic mass is 32.2. The Hall–Kier alpha value is -1.80. The van der Waals surface area contributed by atoms with Crippen LogP contribution in [0.25, 0.3) is 0 Å². The van der Waals surface area contributed by atoms with Crippen molar-refractivity contribution in [1.29, 1.82) is 0 Å². The number of rotatable bonds is 6. The van der Waals surface area contributed by atoms with Crippen molar-refractivity contribution in [1.82, 2.24) is 4.72 Å². The first-order valence-corrected chi connectivity index (χ1v) is 7.35. The molecule has 0 saturated heterocycles. The van der Waals surface area contributed by atoms with E-state index in [2.05, 4.69) is 9.46 Å². The molecule has 0 spiro atoms. The summed E-state index contributed by atoms with van der Waals surface area (Å²) < 4.78 is 35.7. The van der Waals surface area contributed by atoms with Crippen LogP contribution in [0, 0.1) is 0 Å². The largest absolute Gasteiger partial charge is 0.496 e. The Morgan fingerprint density at radius 2 is 2.05 bits per heavy atom. The molecule has 1 atom stereocenters. The number of esters is 1. The molecule has 3 N–H and O–H groups in total. The van der Waals surface area contributed by atoms with Gasteiger partial charge in [-0.1, -0.05) is 0 Å². The van der Waals surface area contributed by atoms with Gasteiger partial charge in [0.2, 0.25) is 10.0 Å². The van der Waals surface area contributed by atoms with Crippen molar-refractivity contribution >= 4 is 21.7 Å². The van der Waals surface area contributed by atoms with Gasteiger partial charge in [-0.05, 0) is 25.1 Å². The average molecular weight is 302 g/mol. The summed E-state index contributed by atoms with van der Waals surface area (Å²) >= 11 is 0. The van der Waals surface area contributed by atoms with E-state index in [-0.39, 0.29) is 6.54 Å². The molecule has 0 saturated carbocycles. The first kappa shape index (κ1) is 16.3. The molecule has 112 valence electrons. The quantitative estimate of drug-likeness (QED) is 0.576. The van der Waals surface area contributed by atoms with Crippen molar-refractivity contribution in [3.05, 3.63) is 23.8 Å². The number of nitrogens with two attached hydrogens (primary N) is 1. The standard InChI is InChI=1S/C12H18N2O5S/c1-8(12(15)19-3)20(16,17)14-7-9-6-10(13)4-5-11(9)18-2/h4-6,8,14H,7,13H2,1-3H3. The fourth-order valence-corrected chi connectivity index (χ4v) is 2.49. The highest BCUT2D eigenvalue weighted by molar-refractivity contribution is 7.90. The van der Waals surface area contributed by atoms with E-state index in [0.29, 0.717) is 17.0 Å². The lowest BCUT2D eigenvalue weighted by Crippen LogP contribution is -2.37. The molecule has 0 fully saturated rings. The number of ether oxygens (including phenoxy) is 2. The molecule has 0 aliphatic heterocycles. The predicted octanol–water partition coefficient (Wildman–Crippen LogP) is 0.258. The van der Waals surface area contributed by atoms with Crippen molar-refractivity contribution in [2.45, 2.75) is 18.7 Å². The first-order valence-electron chi connectivity index (χ1n) is 5.80. The van der Waals surface area contributed by atoms with E-state index in [4.69, 9.17) is 10.5 Å². The van der Waals surface area contributed by atoms with Crippen molar-refractivity contribution in [3.63, 3.8) is 0 Å². The molecule has 1 aromatic rings. The number of nitrogen functional groups attached to an aromatic ring is 1. The molecule has 0 heterocycles. The average Bonchev–Trinajstić information content (AvgIpc) is 2.43. The molecule has 20 heavy (non-hydrogen) atoms. The summed E-state index contributed by atoms with van der Waals surface area (Å²) in [6.07, 6.45) is 0. The lowest BCUT2D eigenvalue weighted by molar-refractivity contribution is -0.139. The van der Waals surface area contributed by atoms with Crippen LogP contribution in [0.4, 0.5) is 5.69 Å². The number of hydrogen-bond acceptors (Lipinski definition) is 6. The third-order valence-electron chi connectivity index (χ3n) is 2.77. The third-order valence-corrected chi connectivity index (χ3v) is 4.44. The van der Waals surface area contributed by atoms with Gasteiger partial charge in [-0.25, -0.2) is 13.1 Å². The molecule has 1 unspecified atom stereocenters. The maximum atomic E-state index is 11.9. The van der Waals surface area contributed by atoms with Gasteiger partial charge in [0.15, 0.2) is 5.25 Å². The fourth-order valence-electron chi connectivity index (χ4n) is 1.53. The molecule has 0 bridgehead atoms. The summed E-state index contributed by atoms with van der Waals surface area (Å²) in [5.41, 5.74) is 6.71. The molecular weight excluding hydrogens is 284 g/mol. The number of carbonyl (C=O) groups excluding carboxylic acids is 1. The maximum Gasteiger partial charge on any atom is 0.325 e. The van der Waals surface area contributed by atoms with Crippen LogP contribution in [0.5, 0.6) is 5.75 Å². The van der Waals surface area contributed by atoms with Crippen LogP contribution in [0.3, 0.4) is 0 Å². The minimum Gasteiger partial charge on any atom is -0.496 e. The van der Waals surface area contributed by atoms with Crippen LogP contribution in [-0.4, -0.2) is 33.9 Å². The van der Waals surface area contributed by atoms with Gasteiger partial charge in [-0.15, -0.1) is 0 Å². The first-order chi connectivity index (χ1) is 9.31. The number of hydrogen-bond donors (Lipinski definition) is 2. The topological polar surface area (TPSA) is 108 Å². The van der Waals surface area contributed by atoms with E-state index in [9.17, 15) is 13.2 Å². The molecule has 0 amide bonds. The lowest BCUT2D eigenvalue weighted by Gasteiger charge is -2.14. The van der Waals surface area contributed by atoms with Crippen LogP contribution < -0.4 is 15.2 Å². The number of benzene rings is 1. The van der Waals surface area contributed by atoms with E-state index in [1.807, 2.05) is 0 Å². The zero-order valence-electron chi connectivity index (χ0n) is 11.5. The van der Waals surface area contributed by atoms with Gasteiger partial charge in [0.1, 0.15) is 5.75 Å². The monoisotopic (exact) mass is 302 g/mol. The smallest absolute Gasteiger partial charge is 0.325 e. The second-order valence-electron chi connectivity index (χ2n) is 4.10. The van der Waals surface area contributed by atoms with Crippen molar-refractivity contribution in [2.24, 2.45) is 0 Å². The second kappa shape index (κ2) is 6.58. The summed E-state index contributed by atoms with van der Waals surface area (Å²) in [6, 6.07) is 4.89. The van der Waals surface area contributed by atoms with Gasteiger partial charge in [0.25, 0.3) is 0 Å². The van der Waals surface area contributed by atoms with E-state index in [0.717, 1.165) is 7.11 Å². The zero-order valence-corrected chi connectivity index (χ0v) is 12.4. The number of carbonyl (C=O) groups is 1. The molecular formula is C12H18N2O5S. The van der Waals surface area contributed by atoms with Gasteiger partial charge in [0, 0.05) is 17.8 Å². The summed E-state index contributed by atoms with van der Waals surface area (Å²) in [5.74, 6) is -0.315. The van der Waals surface area contributed by atoms with E-state index in [1.165, 1.54) is 14.0 Å². The van der Waals surface area contributed by atoms with Gasteiger partial charge >= 0.3 is 5.97 Å². The summed E-state index contributed by atoms with van der Waals surface area (Å²) in [5, 5.41) is -1.29. The minimum absolute atomic E-state index is 0.0299. The Bertz CT molecular complexity index is 586. The number of nitrogens with one attached hydrogen (secondary N) is 1. The summed E-state index contributed by atoms with van der Waals surface area (Å²) in [4.78, 5) is 11.3. The second-order valence-corrected chi connectivity index (χ2v) is 6.19. The van der Waals surface area contributed by atoms with Crippen LogP contribution in [0.15, 0.2) is 18.2 Å². The van der Waals surface area contributed by atoms with E-state index < -0.39 is 21.2 Å². The van der Waals surface area contributed by atoms with Crippen molar-refractivity contribution in [3.8, 4) is 5.75 Å². The van der Waals surface area contributed by atoms with Crippen LogP contribution in [0.1, 0.15) is 12.5 Å². The van der Waals surface area contributed by atoms with Gasteiger partial charge in [-0.2, -0.15) is 0 Å². The van der Waals surface area contributed by atoms with E-state index in [1.54, 1.807) is 18.2 Å². The Kier molecular flexibility index (Phi) is 5.34. The molecule has 0 aliphatic rings. The Morgan fingerprint density at radius 3 is 2.60 bits per heavy atom. The molecule has 8 heteroatoms.